The van der Waals surface area contributed by atoms with E-state index in [0.29, 0.717) is 17.7 Å². The Morgan fingerprint density at radius 2 is 2.11 bits per heavy atom. The van der Waals surface area contributed by atoms with Crippen LogP contribution in [0.25, 0.3) is 0 Å². The van der Waals surface area contributed by atoms with Gasteiger partial charge in [-0.3, -0.25) is 4.79 Å². The van der Waals surface area contributed by atoms with Gasteiger partial charge in [-0.25, -0.2) is 4.79 Å². The second kappa shape index (κ2) is 4.94. The standard InChI is InChI=1S/C11H11NO4.C2H6/c13-9-7-4-6-2-1-3-12(6)10(14)8(7)5-16-11(9)15;1-2/h4,9,13H,1-3,5H2;1-2H3. The fourth-order valence-electron chi connectivity index (χ4n) is 2.37. The number of aryl methyl sites for hydroxylation is 1. The first-order chi connectivity index (χ1) is 8.68. The van der Waals surface area contributed by atoms with Crippen molar-refractivity contribution in [2.75, 3.05) is 0 Å². The highest BCUT2D eigenvalue weighted by Crippen LogP contribution is 2.26. The van der Waals surface area contributed by atoms with Crippen molar-refractivity contribution in [2.45, 2.75) is 45.9 Å². The second-order valence-corrected chi connectivity index (χ2v) is 4.14. The van der Waals surface area contributed by atoms with Crippen LogP contribution < -0.4 is 5.56 Å². The average Bonchev–Trinajstić information content (AvgIpc) is 2.86. The van der Waals surface area contributed by atoms with Gasteiger partial charge < -0.3 is 14.4 Å². The van der Waals surface area contributed by atoms with Crippen molar-refractivity contribution >= 4 is 5.97 Å². The fourth-order valence-corrected chi connectivity index (χ4v) is 2.37. The van der Waals surface area contributed by atoms with Crippen molar-refractivity contribution in [3.05, 3.63) is 33.2 Å². The maximum Gasteiger partial charge on any atom is 0.340 e. The van der Waals surface area contributed by atoms with Crippen molar-refractivity contribution < 1.29 is 14.6 Å². The molecule has 0 saturated heterocycles. The molecule has 1 aromatic heterocycles. The molecule has 0 aromatic carbocycles. The minimum Gasteiger partial charge on any atom is -0.458 e. The van der Waals surface area contributed by atoms with Crippen molar-refractivity contribution in [1.29, 1.82) is 0 Å². The molecule has 18 heavy (non-hydrogen) atoms. The van der Waals surface area contributed by atoms with Crippen LogP contribution in [0, 0.1) is 0 Å². The highest BCUT2D eigenvalue weighted by Gasteiger charge is 2.31. The Hall–Kier alpha value is -1.62. The summed E-state index contributed by atoms with van der Waals surface area (Å²) in [6.45, 7) is 4.69. The topological polar surface area (TPSA) is 68.5 Å². The maximum atomic E-state index is 12.0. The van der Waals surface area contributed by atoms with Crippen LogP contribution in [0.1, 0.15) is 43.2 Å². The SMILES string of the molecule is CC.O=C1OCc2c(cc3n(c2=O)CCC3)C1O. The second-order valence-electron chi connectivity index (χ2n) is 4.14. The van der Waals surface area contributed by atoms with Gasteiger partial charge >= 0.3 is 5.97 Å². The van der Waals surface area contributed by atoms with Gasteiger partial charge in [0.1, 0.15) is 6.61 Å². The van der Waals surface area contributed by atoms with Crippen molar-refractivity contribution in [1.82, 2.24) is 4.57 Å². The molecule has 3 heterocycles. The van der Waals surface area contributed by atoms with E-state index in [0.717, 1.165) is 18.5 Å². The van der Waals surface area contributed by atoms with Gasteiger partial charge in [0.15, 0.2) is 6.10 Å². The van der Waals surface area contributed by atoms with Gasteiger partial charge in [0.05, 0.1) is 5.56 Å². The molecule has 1 aromatic rings. The lowest BCUT2D eigenvalue weighted by atomic mass is 10.0. The number of nitrogens with zero attached hydrogens (tertiary/aromatic N) is 1. The van der Waals surface area contributed by atoms with Crippen LogP contribution >= 0.6 is 0 Å². The lowest BCUT2D eigenvalue weighted by molar-refractivity contribution is -0.157. The molecular formula is C13H17NO4. The van der Waals surface area contributed by atoms with Crippen LogP contribution in [-0.2, 0) is 29.1 Å². The zero-order valence-corrected chi connectivity index (χ0v) is 10.6. The third-order valence-electron chi connectivity index (χ3n) is 3.21. The number of cyclic esters (lactones) is 1. The number of esters is 1. The van der Waals surface area contributed by atoms with Crippen molar-refractivity contribution in [3.8, 4) is 0 Å². The first kappa shape index (κ1) is 12.8. The average molecular weight is 251 g/mol. The summed E-state index contributed by atoms with van der Waals surface area (Å²) in [7, 11) is 0. The summed E-state index contributed by atoms with van der Waals surface area (Å²) < 4.78 is 6.45. The molecule has 1 N–H and O–H groups in total. The lowest BCUT2D eigenvalue weighted by Gasteiger charge is -2.21. The number of ether oxygens (including phenoxy) is 1. The number of aromatic nitrogens is 1. The van der Waals surface area contributed by atoms with E-state index in [1.165, 1.54) is 0 Å². The quantitative estimate of drug-likeness (QED) is 0.696. The number of carbonyl (C=O) groups is 1. The van der Waals surface area contributed by atoms with Crippen LogP contribution in [0.3, 0.4) is 0 Å². The van der Waals surface area contributed by atoms with E-state index >= 15 is 0 Å². The van der Waals surface area contributed by atoms with Crippen molar-refractivity contribution in [2.24, 2.45) is 0 Å². The fraction of sp³-hybridized carbons (Fsp3) is 0.538. The summed E-state index contributed by atoms with van der Waals surface area (Å²) in [6, 6.07) is 1.76. The van der Waals surface area contributed by atoms with E-state index < -0.39 is 12.1 Å². The molecular weight excluding hydrogens is 234 g/mol. The first-order valence-corrected chi connectivity index (χ1v) is 6.28. The van der Waals surface area contributed by atoms with E-state index in [2.05, 4.69) is 0 Å². The Morgan fingerprint density at radius 3 is 2.83 bits per heavy atom. The molecule has 5 heteroatoms. The Labute approximate surface area is 105 Å². The molecule has 98 valence electrons. The van der Waals surface area contributed by atoms with Gasteiger partial charge in [0, 0.05) is 17.8 Å². The van der Waals surface area contributed by atoms with Crippen LogP contribution in [0.4, 0.5) is 0 Å². The zero-order valence-electron chi connectivity index (χ0n) is 10.6. The monoisotopic (exact) mass is 251 g/mol. The van der Waals surface area contributed by atoms with Gasteiger partial charge in [-0.05, 0) is 18.9 Å². The molecule has 0 spiro atoms. The summed E-state index contributed by atoms with van der Waals surface area (Å²) >= 11 is 0. The third kappa shape index (κ3) is 1.84. The summed E-state index contributed by atoms with van der Waals surface area (Å²) in [5, 5.41) is 9.66. The highest BCUT2D eigenvalue weighted by atomic mass is 16.5. The van der Waals surface area contributed by atoms with Gasteiger partial charge in [-0.1, -0.05) is 13.8 Å². The number of hydrogen-bond donors (Lipinski definition) is 1. The molecule has 1 unspecified atom stereocenters. The smallest absolute Gasteiger partial charge is 0.340 e. The van der Waals surface area contributed by atoms with E-state index in [4.69, 9.17) is 4.74 Å². The van der Waals surface area contributed by atoms with Gasteiger partial charge in [0.2, 0.25) is 0 Å². The predicted octanol–water partition coefficient (Wildman–Crippen LogP) is 0.911. The normalized spacial score (nSPS) is 20.4. The Bertz CT molecular complexity index is 533. The molecule has 2 aliphatic heterocycles. The molecule has 0 radical (unpaired) electrons. The van der Waals surface area contributed by atoms with Crippen molar-refractivity contribution in [3.63, 3.8) is 0 Å². The molecule has 0 fully saturated rings. The van der Waals surface area contributed by atoms with Crippen LogP contribution in [0.2, 0.25) is 0 Å². The maximum absolute atomic E-state index is 12.0. The Balaban J connectivity index is 0.000000574. The molecule has 1 atom stereocenters. The number of carbonyl (C=O) groups excluding carboxylic acids is 1. The molecule has 0 amide bonds. The Kier molecular flexibility index (Phi) is 3.52. The summed E-state index contributed by atoms with van der Waals surface area (Å²) in [6.07, 6.45) is 0.454. The number of hydrogen-bond acceptors (Lipinski definition) is 4. The molecule has 0 saturated carbocycles. The highest BCUT2D eigenvalue weighted by molar-refractivity contribution is 5.78. The minimum absolute atomic E-state index is 0.0235. The summed E-state index contributed by atoms with van der Waals surface area (Å²) in [5.74, 6) is -0.671. The number of aliphatic hydroxyl groups excluding tert-OH is 1. The van der Waals surface area contributed by atoms with Gasteiger partial charge in [0.25, 0.3) is 5.56 Å². The van der Waals surface area contributed by atoms with Gasteiger partial charge in [-0.2, -0.15) is 0 Å². The van der Waals surface area contributed by atoms with E-state index in [1.54, 1.807) is 10.6 Å². The van der Waals surface area contributed by atoms with E-state index in [9.17, 15) is 14.7 Å². The van der Waals surface area contributed by atoms with Gasteiger partial charge in [-0.15, -0.1) is 0 Å². The first-order valence-electron chi connectivity index (χ1n) is 6.28. The van der Waals surface area contributed by atoms with Crippen LogP contribution in [-0.4, -0.2) is 15.6 Å². The molecule has 2 aliphatic rings. The summed E-state index contributed by atoms with van der Waals surface area (Å²) in [4.78, 5) is 23.2. The molecule has 0 aliphatic carbocycles. The molecule has 0 bridgehead atoms. The number of aliphatic hydroxyl groups is 1. The van der Waals surface area contributed by atoms with Crippen LogP contribution in [0.15, 0.2) is 10.9 Å². The van der Waals surface area contributed by atoms with E-state index in [1.807, 2.05) is 13.8 Å². The Morgan fingerprint density at radius 1 is 1.39 bits per heavy atom. The predicted molar refractivity (Wildman–Crippen MR) is 65.1 cm³/mol. The minimum atomic E-state index is -1.30. The molecule has 5 nitrogen and oxygen atoms in total. The largest absolute Gasteiger partial charge is 0.458 e. The van der Waals surface area contributed by atoms with E-state index in [-0.39, 0.29) is 12.2 Å². The lowest BCUT2D eigenvalue weighted by Crippen LogP contribution is -2.32. The molecule has 3 rings (SSSR count). The zero-order chi connectivity index (χ0) is 13.3. The summed E-state index contributed by atoms with van der Waals surface area (Å²) in [5.41, 5.74) is 1.61. The number of pyridine rings is 1. The third-order valence-corrected chi connectivity index (χ3v) is 3.21. The van der Waals surface area contributed by atoms with Crippen LogP contribution in [0.5, 0.6) is 0 Å². The number of fused-ring (bicyclic) bond motifs is 2. The number of rotatable bonds is 0.